The summed E-state index contributed by atoms with van der Waals surface area (Å²) in [7, 11) is 0. The highest BCUT2D eigenvalue weighted by Gasteiger charge is 2.36. The standard InChI is InChI=1S/C23H22N4O2/c1-15(16-7-3-2-4-8-16)27-14-18(12-22(27)28)23-25-21(29-26-23)11-17-13-24-20-10-6-5-9-19(17)20/h2-10,13,15,18,24H,11-12,14H2,1H3. The largest absolute Gasteiger partial charge is 0.361 e. The van der Waals surface area contributed by atoms with Crippen LogP contribution >= 0.6 is 0 Å². The van der Waals surface area contributed by atoms with E-state index in [4.69, 9.17) is 4.52 Å². The van der Waals surface area contributed by atoms with Crippen molar-refractivity contribution >= 4 is 16.8 Å². The number of H-pyrrole nitrogens is 1. The zero-order chi connectivity index (χ0) is 19.8. The minimum absolute atomic E-state index is 0.0332. The summed E-state index contributed by atoms with van der Waals surface area (Å²) in [5.41, 5.74) is 3.35. The van der Waals surface area contributed by atoms with Gasteiger partial charge in [-0.25, -0.2) is 0 Å². The monoisotopic (exact) mass is 386 g/mol. The van der Waals surface area contributed by atoms with Crippen LogP contribution in [0.2, 0.25) is 0 Å². The van der Waals surface area contributed by atoms with Gasteiger partial charge in [0.2, 0.25) is 11.8 Å². The van der Waals surface area contributed by atoms with Gasteiger partial charge in [0.1, 0.15) is 0 Å². The third-order valence-electron chi connectivity index (χ3n) is 5.77. The van der Waals surface area contributed by atoms with Crippen molar-refractivity contribution in [2.24, 2.45) is 0 Å². The number of hydrogen-bond acceptors (Lipinski definition) is 4. The van der Waals surface area contributed by atoms with Gasteiger partial charge in [-0.2, -0.15) is 4.98 Å². The summed E-state index contributed by atoms with van der Waals surface area (Å²) >= 11 is 0. The predicted molar refractivity (Wildman–Crippen MR) is 109 cm³/mol. The molecule has 146 valence electrons. The number of carbonyl (C=O) groups is 1. The lowest BCUT2D eigenvalue weighted by Gasteiger charge is -2.25. The number of nitrogens with zero attached hydrogens (tertiary/aromatic N) is 3. The third kappa shape index (κ3) is 3.31. The molecule has 0 radical (unpaired) electrons. The van der Waals surface area contributed by atoms with Gasteiger partial charge in [0.15, 0.2) is 5.82 Å². The van der Waals surface area contributed by atoms with E-state index in [9.17, 15) is 4.79 Å². The number of benzene rings is 2. The van der Waals surface area contributed by atoms with Crippen molar-refractivity contribution in [2.75, 3.05) is 6.54 Å². The number of hydrogen-bond donors (Lipinski definition) is 1. The van der Waals surface area contributed by atoms with E-state index in [-0.39, 0.29) is 17.9 Å². The number of nitrogens with one attached hydrogen (secondary N) is 1. The fourth-order valence-corrected chi connectivity index (χ4v) is 4.14. The summed E-state index contributed by atoms with van der Waals surface area (Å²) in [5.74, 6) is 1.30. The van der Waals surface area contributed by atoms with Crippen LogP contribution in [0.25, 0.3) is 10.9 Å². The summed E-state index contributed by atoms with van der Waals surface area (Å²) in [4.78, 5) is 22.4. The van der Waals surface area contributed by atoms with Crippen LogP contribution in [0.5, 0.6) is 0 Å². The minimum atomic E-state index is -0.0332. The van der Waals surface area contributed by atoms with Crippen LogP contribution < -0.4 is 0 Å². The van der Waals surface area contributed by atoms with Crippen molar-refractivity contribution < 1.29 is 9.32 Å². The van der Waals surface area contributed by atoms with E-state index in [1.807, 2.05) is 47.5 Å². The number of fused-ring (bicyclic) bond motifs is 1. The first-order chi connectivity index (χ1) is 14.2. The van der Waals surface area contributed by atoms with Gasteiger partial charge in [-0.3, -0.25) is 4.79 Å². The third-order valence-corrected chi connectivity index (χ3v) is 5.77. The number of aromatic amines is 1. The van der Waals surface area contributed by atoms with Gasteiger partial charge in [-0.05, 0) is 24.1 Å². The van der Waals surface area contributed by atoms with Crippen molar-refractivity contribution in [2.45, 2.75) is 31.7 Å². The lowest BCUT2D eigenvalue weighted by atomic mass is 10.1. The summed E-state index contributed by atoms with van der Waals surface area (Å²) in [6, 6.07) is 18.3. The van der Waals surface area contributed by atoms with E-state index >= 15 is 0 Å². The van der Waals surface area contributed by atoms with Crippen LogP contribution in [-0.2, 0) is 11.2 Å². The van der Waals surface area contributed by atoms with Crippen LogP contribution in [-0.4, -0.2) is 32.5 Å². The maximum Gasteiger partial charge on any atom is 0.231 e. The lowest BCUT2D eigenvalue weighted by molar-refractivity contribution is -0.129. The Bertz CT molecular complexity index is 1150. The molecule has 2 aromatic carbocycles. The molecule has 1 N–H and O–H groups in total. The van der Waals surface area contributed by atoms with E-state index in [1.165, 1.54) is 0 Å². The van der Waals surface area contributed by atoms with Crippen molar-refractivity contribution in [3.63, 3.8) is 0 Å². The lowest BCUT2D eigenvalue weighted by Crippen LogP contribution is -2.28. The first-order valence-corrected chi connectivity index (χ1v) is 9.91. The highest BCUT2D eigenvalue weighted by atomic mass is 16.5. The zero-order valence-electron chi connectivity index (χ0n) is 16.2. The molecule has 29 heavy (non-hydrogen) atoms. The molecule has 5 rings (SSSR count). The maximum absolute atomic E-state index is 12.6. The van der Waals surface area contributed by atoms with Gasteiger partial charge in [-0.15, -0.1) is 0 Å². The molecular formula is C23H22N4O2. The van der Waals surface area contributed by atoms with Gasteiger partial charge in [0.25, 0.3) is 0 Å². The number of amides is 1. The van der Waals surface area contributed by atoms with Crippen LogP contribution in [0, 0.1) is 0 Å². The highest BCUT2D eigenvalue weighted by Crippen LogP contribution is 2.33. The average Bonchev–Trinajstić information content (AvgIpc) is 3.48. The molecule has 2 unspecified atom stereocenters. The molecule has 2 aromatic heterocycles. The van der Waals surface area contributed by atoms with Crippen LogP contribution in [0.15, 0.2) is 65.3 Å². The Balaban J connectivity index is 1.31. The molecule has 0 saturated carbocycles. The topological polar surface area (TPSA) is 75.0 Å². The molecular weight excluding hydrogens is 364 g/mol. The van der Waals surface area contributed by atoms with E-state index in [0.717, 1.165) is 22.0 Å². The number of aromatic nitrogens is 3. The summed E-state index contributed by atoms with van der Waals surface area (Å²) < 4.78 is 5.51. The normalized spacial score (nSPS) is 17.9. The molecule has 4 aromatic rings. The molecule has 6 heteroatoms. The molecule has 1 amide bonds. The van der Waals surface area contributed by atoms with E-state index in [2.05, 4.69) is 40.2 Å². The number of para-hydroxylation sites is 1. The summed E-state index contributed by atoms with van der Waals surface area (Å²) in [6.45, 7) is 2.68. The predicted octanol–water partition coefficient (Wildman–Crippen LogP) is 4.22. The maximum atomic E-state index is 12.6. The van der Waals surface area contributed by atoms with Gasteiger partial charge >= 0.3 is 0 Å². The molecule has 1 aliphatic heterocycles. The molecule has 2 atom stereocenters. The second-order valence-electron chi connectivity index (χ2n) is 7.62. The van der Waals surface area contributed by atoms with Gasteiger partial charge in [0, 0.05) is 36.0 Å². The zero-order valence-corrected chi connectivity index (χ0v) is 16.2. The molecule has 6 nitrogen and oxygen atoms in total. The quantitative estimate of drug-likeness (QED) is 0.557. The SMILES string of the molecule is CC(c1ccccc1)N1CC(c2noc(Cc3c[nH]c4ccccc34)n2)CC1=O. The van der Waals surface area contributed by atoms with Crippen LogP contribution in [0.3, 0.4) is 0 Å². The number of carbonyl (C=O) groups excluding carboxylic acids is 1. The Morgan fingerprint density at radius 2 is 1.97 bits per heavy atom. The first kappa shape index (κ1) is 17.7. The van der Waals surface area contributed by atoms with Gasteiger partial charge < -0.3 is 14.4 Å². The molecule has 0 aliphatic carbocycles. The van der Waals surface area contributed by atoms with Gasteiger partial charge in [-0.1, -0.05) is 53.7 Å². The van der Waals surface area contributed by atoms with E-state index in [0.29, 0.717) is 31.1 Å². The number of likely N-dealkylation sites (tertiary alicyclic amines) is 1. The fraction of sp³-hybridized carbons (Fsp3) is 0.261. The summed E-state index contributed by atoms with van der Waals surface area (Å²) in [6.07, 6.45) is 2.97. The molecule has 3 heterocycles. The Morgan fingerprint density at radius 1 is 1.17 bits per heavy atom. The second-order valence-corrected chi connectivity index (χ2v) is 7.62. The molecule has 1 fully saturated rings. The van der Waals surface area contributed by atoms with Gasteiger partial charge in [0.05, 0.1) is 12.5 Å². The van der Waals surface area contributed by atoms with Crippen LogP contribution in [0.1, 0.15) is 48.1 Å². The highest BCUT2D eigenvalue weighted by molar-refractivity contribution is 5.83. The number of rotatable bonds is 5. The fourth-order valence-electron chi connectivity index (χ4n) is 4.14. The smallest absolute Gasteiger partial charge is 0.231 e. The minimum Gasteiger partial charge on any atom is -0.361 e. The Kier molecular flexibility index (Phi) is 4.39. The van der Waals surface area contributed by atoms with Crippen molar-refractivity contribution in [3.8, 4) is 0 Å². The van der Waals surface area contributed by atoms with E-state index < -0.39 is 0 Å². The average molecular weight is 386 g/mol. The summed E-state index contributed by atoms with van der Waals surface area (Å²) in [5, 5.41) is 5.34. The van der Waals surface area contributed by atoms with Crippen molar-refractivity contribution in [3.05, 3.63) is 83.6 Å². The Morgan fingerprint density at radius 3 is 2.83 bits per heavy atom. The molecule has 1 saturated heterocycles. The first-order valence-electron chi connectivity index (χ1n) is 9.91. The molecule has 0 bridgehead atoms. The Labute approximate surface area is 168 Å². The van der Waals surface area contributed by atoms with Crippen molar-refractivity contribution in [1.82, 2.24) is 20.0 Å². The molecule has 0 spiro atoms. The second kappa shape index (κ2) is 7.20. The Hall–Kier alpha value is -3.41. The van der Waals surface area contributed by atoms with Crippen LogP contribution in [0.4, 0.5) is 0 Å². The van der Waals surface area contributed by atoms with E-state index in [1.54, 1.807) is 0 Å². The van der Waals surface area contributed by atoms with Crippen molar-refractivity contribution in [1.29, 1.82) is 0 Å². The molecule has 1 aliphatic rings.